The molecule has 0 spiro atoms. The number of benzene rings is 2. The quantitative estimate of drug-likeness (QED) is 0.822. The zero-order chi connectivity index (χ0) is 13.5. The van der Waals surface area contributed by atoms with Gasteiger partial charge in [0.1, 0.15) is 0 Å². The number of rotatable bonds is 5. The van der Waals surface area contributed by atoms with Gasteiger partial charge in [-0.1, -0.05) is 29.8 Å². The van der Waals surface area contributed by atoms with Crippen LogP contribution in [-0.4, -0.2) is 19.0 Å². The molecule has 0 aliphatic heterocycles. The normalized spacial score (nSPS) is 9.95. The predicted octanol–water partition coefficient (Wildman–Crippen LogP) is 3.18. The maximum absolute atomic E-state index is 11.8. The highest BCUT2D eigenvalue weighted by Gasteiger charge is 2.03. The van der Waals surface area contributed by atoms with Crippen molar-refractivity contribution in [2.24, 2.45) is 0 Å². The van der Waals surface area contributed by atoms with E-state index in [1.165, 1.54) is 0 Å². The number of amides is 1. The van der Waals surface area contributed by atoms with Crippen molar-refractivity contribution in [2.45, 2.75) is 0 Å². The van der Waals surface area contributed by atoms with E-state index in [0.717, 1.165) is 5.69 Å². The van der Waals surface area contributed by atoms with E-state index < -0.39 is 0 Å². The molecule has 2 N–H and O–H groups in total. The lowest BCUT2D eigenvalue weighted by Gasteiger charge is -2.08. The molecule has 2 aromatic rings. The zero-order valence-corrected chi connectivity index (χ0v) is 11.2. The summed E-state index contributed by atoms with van der Waals surface area (Å²) >= 11 is 5.77. The molecule has 0 fully saturated rings. The van der Waals surface area contributed by atoms with Gasteiger partial charge in [-0.25, -0.2) is 0 Å². The second-order valence-electron chi connectivity index (χ2n) is 4.06. The van der Waals surface area contributed by atoms with Crippen molar-refractivity contribution >= 4 is 23.2 Å². The van der Waals surface area contributed by atoms with Crippen LogP contribution >= 0.6 is 11.6 Å². The van der Waals surface area contributed by atoms with E-state index in [9.17, 15) is 4.79 Å². The number of hydrogen-bond donors (Lipinski definition) is 2. The average Bonchev–Trinajstić information content (AvgIpc) is 2.45. The number of halogens is 1. The topological polar surface area (TPSA) is 41.1 Å². The first-order valence-corrected chi connectivity index (χ1v) is 6.46. The van der Waals surface area contributed by atoms with Crippen LogP contribution in [0.4, 0.5) is 5.69 Å². The van der Waals surface area contributed by atoms with E-state index in [1.807, 2.05) is 30.3 Å². The molecule has 0 bridgehead atoms. The lowest BCUT2D eigenvalue weighted by atomic mass is 10.2. The smallest absolute Gasteiger partial charge is 0.251 e. The van der Waals surface area contributed by atoms with E-state index in [2.05, 4.69) is 10.6 Å². The van der Waals surface area contributed by atoms with E-state index >= 15 is 0 Å². The van der Waals surface area contributed by atoms with E-state index in [-0.39, 0.29) is 5.91 Å². The molecule has 0 atom stereocenters. The Labute approximate surface area is 117 Å². The van der Waals surface area contributed by atoms with Crippen molar-refractivity contribution < 1.29 is 4.79 Å². The van der Waals surface area contributed by atoms with Crippen molar-refractivity contribution in [1.82, 2.24) is 5.32 Å². The van der Waals surface area contributed by atoms with Gasteiger partial charge in [-0.3, -0.25) is 4.79 Å². The Morgan fingerprint density at radius 3 is 2.32 bits per heavy atom. The van der Waals surface area contributed by atoms with Gasteiger partial charge in [0.05, 0.1) is 0 Å². The Bertz CT molecular complexity index is 526. The van der Waals surface area contributed by atoms with Crippen molar-refractivity contribution in [3.8, 4) is 0 Å². The van der Waals surface area contributed by atoms with Crippen LogP contribution in [0, 0.1) is 0 Å². The minimum atomic E-state index is -0.0912. The maximum atomic E-state index is 11.8. The number of nitrogens with one attached hydrogen (secondary N) is 2. The Kier molecular flexibility index (Phi) is 4.81. The molecule has 2 aromatic carbocycles. The molecule has 0 saturated heterocycles. The number of anilines is 1. The van der Waals surface area contributed by atoms with Crippen molar-refractivity contribution in [3.63, 3.8) is 0 Å². The van der Waals surface area contributed by atoms with Gasteiger partial charge in [-0.2, -0.15) is 0 Å². The second-order valence-corrected chi connectivity index (χ2v) is 4.49. The molecule has 0 aliphatic carbocycles. The van der Waals surface area contributed by atoms with Crippen LogP contribution in [0.15, 0.2) is 54.6 Å². The molecule has 0 unspecified atom stereocenters. The summed E-state index contributed by atoms with van der Waals surface area (Å²) in [5.41, 5.74) is 1.66. The van der Waals surface area contributed by atoms with Gasteiger partial charge in [-0.05, 0) is 36.4 Å². The molecule has 0 aromatic heterocycles. The number of para-hydroxylation sites is 1. The fourth-order valence-corrected chi connectivity index (χ4v) is 1.77. The van der Waals surface area contributed by atoms with Gasteiger partial charge in [-0.15, -0.1) is 0 Å². The molecule has 3 nitrogen and oxygen atoms in total. The summed E-state index contributed by atoms with van der Waals surface area (Å²) in [6.07, 6.45) is 0. The Balaban J connectivity index is 1.74. The molecule has 98 valence electrons. The molecule has 4 heteroatoms. The van der Waals surface area contributed by atoms with Gasteiger partial charge >= 0.3 is 0 Å². The highest BCUT2D eigenvalue weighted by atomic mass is 35.5. The average molecular weight is 275 g/mol. The van der Waals surface area contributed by atoms with Crippen LogP contribution in [0.5, 0.6) is 0 Å². The van der Waals surface area contributed by atoms with Gasteiger partial charge in [0.15, 0.2) is 0 Å². The summed E-state index contributed by atoms with van der Waals surface area (Å²) in [4.78, 5) is 11.8. The number of carbonyl (C=O) groups is 1. The fraction of sp³-hybridized carbons (Fsp3) is 0.133. The van der Waals surface area contributed by atoms with E-state index in [1.54, 1.807) is 24.3 Å². The summed E-state index contributed by atoms with van der Waals surface area (Å²) in [6, 6.07) is 16.7. The van der Waals surface area contributed by atoms with E-state index in [4.69, 9.17) is 11.6 Å². The van der Waals surface area contributed by atoms with Gasteiger partial charge < -0.3 is 10.6 Å². The lowest BCUT2D eigenvalue weighted by molar-refractivity contribution is 0.0955. The molecule has 2 rings (SSSR count). The third kappa shape index (κ3) is 4.30. The third-order valence-corrected chi connectivity index (χ3v) is 2.87. The highest BCUT2D eigenvalue weighted by Crippen LogP contribution is 2.09. The number of hydrogen-bond acceptors (Lipinski definition) is 2. The summed E-state index contributed by atoms with van der Waals surface area (Å²) < 4.78 is 0. The third-order valence-electron chi connectivity index (χ3n) is 2.62. The number of carbonyl (C=O) groups excluding carboxylic acids is 1. The van der Waals surface area contributed by atoms with Crippen LogP contribution in [0.2, 0.25) is 5.02 Å². The zero-order valence-electron chi connectivity index (χ0n) is 10.4. The van der Waals surface area contributed by atoms with Crippen molar-refractivity contribution in [3.05, 3.63) is 65.2 Å². The standard InChI is InChI=1S/C15H15ClN2O/c16-13-8-6-12(7-9-13)15(19)18-11-10-17-14-4-2-1-3-5-14/h1-9,17H,10-11H2,(H,18,19). The van der Waals surface area contributed by atoms with E-state index in [0.29, 0.717) is 23.7 Å². The molecule has 19 heavy (non-hydrogen) atoms. The monoisotopic (exact) mass is 274 g/mol. The maximum Gasteiger partial charge on any atom is 0.251 e. The highest BCUT2D eigenvalue weighted by molar-refractivity contribution is 6.30. The Morgan fingerprint density at radius 2 is 1.63 bits per heavy atom. The van der Waals surface area contributed by atoms with Crippen LogP contribution in [0.25, 0.3) is 0 Å². The van der Waals surface area contributed by atoms with Crippen molar-refractivity contribution in [2.75, 3.05) is 18.4 Å². The first-order valence-electron chi connectivity index (χ1n) is 6.08. The van der Waals surface area contributed by atoms with Crippen LogP contribution in [0.1, 0.15) is 10.4 Å². The second kappa shape index (κ2) is 6.81. The molecule has 0 saturated carbocycles. The minimum Gasteiger partial charge on any atom is -0.383 e. The van der Waals surface area contributed by atoms with Gasteiger partial charge in [0, 0.05) is 29.4 Å². The first kappa shape index (κ1) is 13.4. The Morgan fingerprint density at radius 1 is 0.947 bits per heavy atom. The summed E-state index contributed by atoms with van der Waals surface area (Å²) in [7, 11) is 0. The van der Waals surface area contributed by atoms with Crippen LogP contribution in [0.3, 0.4) is 0 Å². The molecule has 1 amide bonds. The molecule has 0 radical (unpaired) electrons. The molecule has 0 heterocycles. The molecular weight excluding hydrogens is 260 g/mol. The van der Waals surface area contributed by atoms with Gasteiger partial charge in [0.25, 0.3) is 5.91 Å². The summed E-state index contributed by atoms with van der Waals surface area (Å²) in [6.45, 7) is 1.25. The molecule has 0 aliphatic rings. The Hall–Kier alpha value is -2.00. The van der Waals surface area contributed by atoms with Crippen molar-refractivity contribution in [1.29, 1.82) is 0 Å². The minimum absolute atomic E-state index is 0.0912. The van der Waals surface area contributed by atoms with Crippen LogP contribution in [-0.2, 0) is 0 Å². The SMILES string of the molecule is O=C(NCCNc1ccccc1)c1ccc(Cl)cc1. The molecular formula is C15H15ClN2O. The van der Waals surface area contributed by atoms with Crippen LogP contribution < -0.4 is 10.6 Å². The predicted molar refractivity (Wildman–Crippen MR) is 78.7 cm³/mol. The first-order chi connectivity index (χ1) is 9.25. The largest absolute Gasteiger partial charge is 0.383 e. The lowest BCUT2D eigenvalue weighted by Crippen LogP contribution is -2.28. The summed E-state index contributed by atoms with van der Waals surface area (Å²) in [5.74, 6) is -0.0912. The summed E-state index contributed by atoms with van der Waals surface area (Å²) in [5, 5.41) is 6.70. The fourth-order valence-electron chi connectivity index (χ4n) is 1.64. The van der Waals surface area contributed by atoms with Gasteiger partial charge in [0.2, 0.25) is 0 Å².